The molecule has 2 amide bonds. The van der Waals surface area contributed by atoms with Crippen LogP contribution in [0.15, 0.2) is 43.0 Å². The van der Waals surface area contributed by atoms with Crippen molar-refractivity contribution >= 4 is 12.0 Å². The predicted molar refractivity (Wildman–Crippen MR) is 110 cm³/mol. The molecule has 0 saturated carbocycles. The Morgan fingerprint density at radius 1 is 1.24 bits per heavy atom. The van der Waals surface area contributed by atoms with Crippen molar-refractivity contribution in [2.75, 3.05) is 13.1 Å². The van der Waals surface area contributed by atoms with Crippen molar-refractivity contribution in [2.24, 2.45) is 5.92 Å². The average Bonchev–Trinajstić information content (AvgIpc) is 3.19. The number of rotatable bonds is 5. The molecule has 0 bridgehead atoms. The molecule has 2 aromatic rings. The van der Waals surface area contributed by atoms with Gasteiger partial charge in [0.15, 0.2) is 0 Å². The summed E-state index contributed by atoms with van der Waals surface area (Å²) in [5.41, 5.74) is 1.68. The van der Waals surface area contributed by atoms with Gasteiger partial charge in [0.1, 0.15) is 5.60 Å². The topological polar surface area (TPSA) is 76.5 Å². The molecule has 0 aliphatic carbocycles. The van der Waals surface area contributed by atoms with Crippen LogP contribution in [-0.2, 0) is 22.6 Å². The number of piperidine rings is 1. The molecular formula is C22H30N4O3. The predicted octanol–water partition coefficient (Wildman–Crippen LogP) is 3.19. The SMILES string of the molecule is CC(C)(C)OC(=O)N1CCC[C@@H](C(=O)NCc2ccccc2Cn2ccnc2)C1. The molecule has 2 heterocycles. The Kier molecular flexibility index (Phi) is 6.56. The number of ether oxygens (including phenoxy) is 1. The molecule has 1 aliphatic rings. The molecular weight excluding hydrogens is 368 g/mol. The molecule has 156 valence electrons. The molecule has 3 rings (SSSR count). The van der Waals surface area contributed by atoms with Crippen LogP contribution in [0, 0.1) is 5.92 Å². The number of nitrogens with one attached hydrogen (secondary N) is 1. The van der Waals surface area contributed by atoms with E-state index < -0.39 is 5.60 Å². The summed E-state index contributed by atoms with van der Waals surface area (Å²) < 4.78 is 7.45. The highest BCUT2D eigenvalue weighted by Crippen LogP contribution is 2.20. The molecule has 7 nitrogen and oxygen atoms in total. The largest absolute Gasteiger partial charge is 0.444 e. The van der Waals surface area contributed by atoms with E-state index in [0.717, 1.165) is 24.0 Å². The maximum atomic E-state index is 12.7. The Morgan fingerprint density at radius 2 is 2.00 bits per heavy atom. The molecule has 1 aromatic carbocycles. The summed E-state index contributed by atoms with van der Waals surface area (Å²) in [5, 5.41) is 3.05. The van der Waals surface area contributed by atoms with Gasteiger partial charge in [-0.1, -0.05) is 24.3 Å². The molecule has 1 atom stereocenters. The van der Waals surface area contributed by atoms with Crippen LogP contribution in [0.2, 0.25) is 0 Å². The average molecular weight is 399 g/mol. The lowest BCUT2D eigenvalue weighted by atomic mass is 9.97. The minimum Gasteiger partial charge on any atom is -0.444 e. The number of hydrogen-bond acceptors (Lipinski definition) is 4. The van der Waals surface area contributed by atoms with Gasteiger partial charge in [-0.15, -0.1) is 0 Å². The van der Waals surface area contributed by atoms with E-state index in [4.69, 9.17) is 4.74 Å². The van der Waals surface area contributed by atoms with Crippen molar-refractivity contribution in [3.63, 3.8) is 0 Å². The number of carbonyl (C=O) groups excluding carboxylic acids is 2. The van der Waals surface area contributed by atoms with Crippen molar-refractivity contribution in [2.45, 2.75) is 52.3 Å². The van der Waals surface area contributed by atoms with E-state index in [9.17, 15) is 9.59 Å². The lowest BCUT2D eigenvalue weighted by molar-refractivity contribution is -0.126. The fraction of sp³-hybridized carbons (Fsp3) is 0.500. The third-order valence-electron chi connectivity index (χ3n) is 4.93. The molecule has 1 saturated heterocycles. The van der Waals surface area contributed by atoms with E-state index in [1.54, 1.807) is 17.4 Å². The lowest BCUT2D eigenvalue weighted by Crippen LogP contribution is -2.46. The molecule has 1 fully saturated rings. The second-order valence-corrected chi connectivity index (χ2v) is 8.49. The second-order valence-electron chi connectivity index (χ2n) is 8.49. The van der Waals surface area contributed by atoms with Crippen LogP contribution in [0.25, 0.3) is 0 Å². The van der Waals surface area contributed by atoms with Gasteiger partial charge in [0, 0.05) is 38.6 Å². The van der Waals surface area contributed by atoms with Gasteiger partial charge in [0.05, 0.1) is 12.2 Å². The zero-order valence-corrected chi connectivity index (χ0v) is 17.4. The monoisotopic (exact) mass is 398 g/mol. The summed E-state index contributed by atoms with van der Waals surface area (Å²) >= 11 is 0. The fourth-order valence-electron chi connectivity index (χ4n) is 3.47. The van der Waals surface area contributed by atoms with Crippen LogP contribution >= 0.6 is 0 Å². The van der Waals surface area contributed by atoms with E-state index in [1.165, 1.54) is 0 Å². The maximum absolute atomic E-state index is 12.7. The Labute approximate surface area is 172 Å². The van der Waals surface area contributed by atoms with Crippen LogP contribution in [0.3, 0.4) is 0 Å². The Morgan fingerprint density at radius 3 is 2.69 bits per heavy atom. The molecule has 7 heteroatoms. The number of nitrogens with zero attached hydrogens (tertiary/aromatic N) is 3. The summed E-state index contributed by atoms with van der Waals surface area (Å²) in [6.07, 6.45) is 6.69. The molecule has 29 heavy (non-hydrogen) atoms. The van der Waals surface area contributed by atoms with Crippen LogP contribution in [0.5, 0.6) is 0 Å². The highest BCUT2D eigenvalue weighted by Gasteiger charge is 2.30. The molecule has 0 spiro atoms. The van der Waals surface area contributed by atoms with Gasteiger partial charge < -0.3 is 19.5 Å². The van der Waals surface area contributed by atoms with Gasteiger partial charge >= 0.3 is 6.09 Å². The molecule has 1 aromatic heterocycles. The van der Waals surface area contributed by atoms with Crippen LogP contribution in [0.4, 0.5) is 4.79 Å². The van der Waals surface area contributed by atoms with Gasteiger partial charge in [-0.2, -0.15) is 0 Å². The third kappa shape index (κ3) is 6.07. The number of likely N-dealkylation sites (tertiary alicyclic amines) is 1. The normalized spacial score (nSPS) is 17.1. The number of aromatic nitrogens is 2. The zero-order chi connectivity index (χ0) is 20.9. The van der Waals surface area contributed by atoms with Crippen LogP contribution in [-0.4, -0.2) is 45.1 Å². The minimum atomic E-state index is -0.536. The Hall–Kier alpha value is -2.83. The van der Waals surface area contributed by atoms with Crippen molar-refractivity contribution in [3.8, 4) is 0 Å². The minimum absolute atomic E-state index is 0.0179. The summed E-state index contributed by atoms with van der Waals surface area (Å²) in [6, 6.07) is 8.06. The van der Waals surface area contributed by atoms with Crippen molar-refractivity contribution in [1.29, 1.82) is 0 Å². The van der Waals surface area contributed by atoms with E-state index >= 15 is 0 Å². The first kappa shape index (κ1) is 20.9. The van der Waals surface area contributed by atoms with Crippen molar-refractivity contribution in [1.82, 2.24) is 19.8 Å². The van der Waals surface area contributed by atoms with Gasteiger partial charge in [0.2, 0.25) is 5.91 Å². The zero-order valence-electron chi connectivity index (χ0n) is 17.4. The Bertz CT molecular complexity index is 827. The van der Waals surface area contributed by atoms with E-state index in [2.05, 4.69) is 16.4 Å². The van der Waals surface area contributed by atoms with Gasteiger partial charge in [-0.25, -0.2) is 9.78 Å². The molecule has 0 unspecified atom stereocenters. The maximum Gasteiger partial charge on any atom is 0.410 e. The van der Waals surface area contributed by atoms with E-state index in [1.807, 2.05) is 49.7 Å². The van der Waals surface area contributed by atoms with Crippen molar-refractivity contribution in [3.05, 3.63) is 54.1 Å². The van der Waals surface area contributed by atoms with E-state index in [-0.39, 0.29) is 17.9 Å². The lowest BCUT2D eigenvalue weighted by Gasteiger charge is -2.33. The Balaban J connectivity index is 1.56. The summed E-state index contributed by atoms with van der Waals surface area (Å²) in [6.45, 7) is 7.75. The first-order chi connectivity index (χ1) is 13.8. The molecule has 1 aliphatic heterocycles. The number of imidazole rings is 1. The number of benzene rings is 1. The molecule has 0 radical (unpaired) electrons. The van der Waals surface area contributed by atoms with Crippen molar-refractivity contribution < 1.29 is 14.3 Å². The highest BCUT2D eigenvalue weighted by molar-refractivity contribution is 5.80. The van der Waals surface area contributed by atoms with Crippen LogP contribution < -0.4 is 5.32 Å². The quantitative estimate of drug-likeness (QED) is 0.839. The first-order valence-electron chi connectivity index (χ1n) is 10.1. The number of carbonyl (C=O) groups is 2. The third-order valence-corrected chi connectivity index (χ3v) is 4.93. The standard InChI is InChI=1S/C22H30N4O3/c1-22(2,3)29-21(28)26-11-6-9-19(15-26)20(27)24-13-17-7-4-5-8-18(17)14-25-12-10-23-16-25/h4-5,7-8,10,12,16,19H,6,9,11,13-15H2,1-3H3,(H,24,27)/t19-/m1/s1. The number of hydrogen-bond donors (Lipinski definition) is 1. The second kappa shape index (κ2) is 9.11. The summed E-state index contributed by atoms with van der Waals surface area (Å²) in [5.74, 6) is -0.229. The molecule has 1 N–H and O–H groups in total. The van der Waals surface area contributed by atoms with Crippen LogP contribution in [0.1, 0.15) is 44.7 Å². The van der Waals surface area contributed by atoms with E-state index in [0.29, 0.717) is 26.2 Å². The number of amides is 2. The first-order valence-corrected chi connectivity index (χ1v) is 10.1. The smallest absolute Gasteiger partial charge is 0.410 e. The highest BCUT2D eigenvalue weighted by atomic mass is 16.6. The van der Waals surface area contributed by atoms with Gasteiger partial charge in [0.25, 0.3) is 0 Å². The van der Waals surface area contributed by atoms with Gasteiger partial charge in [-0.05, 0) is 44.7 Å². The fourth-order valence-corrected chi connectivity index (χ4v) is 3.47. The van der Waals surface area contributed by atoms with Gasteiger partial charge in [-0.3, -0.25) is 4.79 Å². The summed E-state index contributed by atoms with van der Waals surface area (Å²) in [7, 11) is 0. The summed E-state index contributed by atoms with van der Waals surface area (Å²) in [4.78, 5) is 30.8.